The number of methoxy groups -OCH3 is 1. The number of anilines is 1. The summed E-state index contributed by atoms with van der Waals surface area (Å²) in [5, 5.41) is 0. The summed E-state index contributed by atoms with van der Waals surface area (Å²) in [4.78, 5) is 44.2. The SMILES string of the molecule is CCCSc1ccc2c(c1)nc(N(COC(=O)C(C)(C)C)C(=O)OC)n2COC(=O)C(C)(C)C. The molecule has 34 heavy (non-hydrogen) atoms. The molecule has 1 heterocycles. The Labute approximate surface area is 205 Å². The predicted octanol–water partition coefficient (Wildman–Crippen LogP) is 5.20. The number of nitrogens with zero attached hydrogens (tertiary/aromatic N) is 3. The van der Waals surface area contributed by atoms with Gasteiger partial charge in [0.2, 0.25) is 5.95 Å². The van der Waals surface area contributed by atoms with Crippen molar-refractivity contribution in [3.8, 4) is 0 Å². The maximum Gasteiger partial charge on any atom is 0.419 e. The predicted molar refractivity (Wildman–Crippen MR) is 132 cm³/mol. The highest BCUT2D eigenvalue weighted by atomic mass is 32.2. The third kappa shape index (κ3) is 6.88. The largest absolute Gasteiger partial charge is 0.452 e. The van der Waals surface area contributed by atoms with Crippen LogP contribution in [0.3, 0.4) is 0 Å². The van der Waals surface area contributed by atoms with E-state index in [2.05, 4.69) is 11.9 Å². The quantitative estimate of drug-likeness (QED) is 0.214. The first-order valence-electron chi connectivity index (χ1n) is 11.1. The van der Waals surface area contributed by atoms with Crippen LogP contribution in [0, 0.1) is 10.8 Å². The Morgan fingerprint density at radius 3 is 2.21 bits per heavy atom. The fourth-order valence-corrected chi connectivity index (χ4v) is 3.52. The van der Waals surface area contributed by atoms with Gasteiger partial charge in [-0.2, -0.15) is 0 Å². The Bertz CT molecular complexity index is 1040. The lowest BCUT2D eigenvalue weighted by Crippen LogP contribution is -2.38. The van der Waals surface area contributed by atoms with Crippen molar-refractivity contribution in [1.82, 2.24) is 9.55 Å². The van der Waals surface area contributed by atoms with E-state index in [0.29, 0.717) is 11.0 Å². The van der Waals surface area contributed by atoms with Gasteiger partial charge in [-0.25, -0.2) is 14.7 Å². The number of thioether (sulfide) groups is 1. The normalized spacial score (nSPS) is 11.9. The van der Waals surface area contributed by atoms with E-state index >= 15 is 0 Å². The highest BCUT2D eigenvalue weighted by Crippen LogP contribution is 2.29. The molecule has 1 aromatic heterocycles. The van der Waals surface area contributed by atoms with Gasteiger partial charge in [0.25, 0.3) is 0 Å². The first kappa shape index (κ1) is 27.5. The van der Waals surface area contributed by atoms with Gasteiger partial charge >= 0.3 is 18.0 Å². The maximum absolute atomic E-state index is 12.7. The average molecular weight is 494 g/mol. The van der Waals surface area contributed by atoms with Crippen LogP contribution in [0.25, 0.3) is 11.0 Å². The standard InChI is InChI=1S/C24H35N3O6S/c1-9-12-34-16-10-11-18-17(13-16)25-21(26(18)14-32-19(28)23(2,3)4)27(22(30)31-8)15-33-20(29)24(5,6)7/h10-11,13H,9,12,14-15H2,1-8H3. The first-order chi connectivity index (χ1) is 15.8. The Kier molecular flexibility index (Phi) is 8.99. The number of amides is 1. The van der Waals surface area contributed by atoms with Gasteiger partial charge < -0.3 is 14.2 Å². The minimum Gasteiger partial charge on any atom is -0.452 e. The van der Waals surface area contributed by atoms with Gasteiger partial charge in [0.05, 0.1) is 29.0 Å². The molecule has 0 saturated carbocycles. The number of imidazole rings is 1. The molecule has 0 saturated heterocycles. The van der Waals surface area contributed by atoms with Crippen LogP contribution in [0.5, 0.6) is 0 Å². The zero-order valence-electron chi connectivity index (χ0n) is 21.3. The van der Waals surface area contributed by atoms with Crippen LogP contribution in [0.4, 0.5) is 10.7 Å². The van der Waals surface area contributed by atoms with E-state index in [9.17, 15) is 14.4 Å². The average Bonchev–Trinajstić information content (AvgIpc) is 3.11. The minimum atomic E-state index is -0.763. The van der Waals surface area contributed by atoms with Gasteiger partial charge in [-0.05, 0) is 71.9 Å². The van der Waals surface area contributed by atoms with Crippen LogP contribution in [0.15, 0.2) is 23.1 Å². The summed E-state index contributed by atoms with van der Waals surface area (Å²) < 4.78 is 17.4. The van der Waals surface area contributed by atoms with Crippen molar-refractivity contribution in [3.63, 3.8) is 0 Å². The second kappa shape index (κ2) is 11.1. The molecule has 1 aromatic carbocycles. The molecule has 0 spiro atoms. The summed E-state index contributed by atoms with van der Waals surface area (Å²) >= 11 is 1.70. The monoisotopic (exact) mass is 493 g/mol. The fraction of sp³-hybridized carbons (Fsp3) is 0.583. The minimum absolute atomic E-state index is 0.142. The fourth-order valence-electron chi connectivity index (χ4n) is 2.72. The number of fused-ring (bicyclic) bond motifs is 1. The molecule has 1 amide bonds. The van der Waals surface area contributed by atoms with Crippen LogP contribution < -0.4 is 4.90 Å². The molecule has 9 nitrogen and oxygen atoms in total. The van der Waals surface area contributed by atoms with Crippen LogP contribution in [-0.4, -0.2) is 47.2 Å². The van der Waals surface area contributed by atoms with Crippen molar-refractivity contribution in [3.05, 3.63) is 18.2 Å². The highest BCUT2D eigenvalue weighted by Gasteiger charge is 2.30. The number of benzene rings is 1. The molecule has 10 heteroatoms. The number of carbonyl (C=O) groups is 3. The molecule has 0 unspecified atom stereocenters. The molecule has 0 N–H and O–H groups in total. The van der Waals surface area contributed by atoms with Crippen molar-refractivity contribution in [2.75, 3.05) is 24.5 Å². The number of rotatable bonds is 8. The van der Waals surface area contributed by atoms with Gasteiger partial charge in [-0.1, -0.05) is 6.92 Å². The number of ether oxygens (including phenoxy) is 3. The summed E-state index contributed by atoms with van der Waals surface area (Å²) in [6.07, 6.45) is 0.265. The zero-order valence-corrected chi connectivity index (χ0v) is 22.1. The molecule has 0 radical (unpaired) electrons. The van der Waals surface area contributed by atoms with Gasteiger partial charge in [0, 0.05) is 4.90 Å². The lowest BCUT2D eigenvalue weighted by Gasteiger charge is -2.24. The van der Waals surface area contributed by atoms with E-state index in [1.54, 1.807) is 57.9 Å². The molecular formula is C24H35N3O6S. The second-order valence-electron chi connectivity index (χ2n) is 9.86. The lowest BCUT2D eigenvalue weighted by atomic mass is 9.97. The molecule has 0 bridgehead atoms. The van der Waals surface area contributed by atoms with Crippen LogP contribution in [0.1, 0.15) is 54.9 Å². The van der Waals surface area contributed by atoms with Crippen LogP contribution >= 0.6 is 11.8 Å². The molecule has 0 aliphatic heterocycles. The van der Waals surface area contributed by atoms with Crippen molar-refractivity contribution in [2.24, 2.45) is 10.8 Å². The molecule has 0 atom stereocenters. The van der Waals surface area contributed by atoms with E-state index in [4.69, 9.17) is 14.2 Å². The van der Waals surface area contributed by atoms with Crippen LogP contribution in [-0.2, 0) is 30.5 Å². The van der Waals surface area contributed by atoms with E-state index in [1.165, 1.54) is 7.11 Å². The topological polar surface area (TPSA) is 100.0 Å². The second-order valence-corrected chi connectivity index (χ2v) is 11.0. The molecule has 0 aliphatic carbocycles. The van der Waals surface area contributed by atoms with Crippen molar-refractivity contribution in [1.29, 1.82) is 0 Å². The van der Waals surface area contributed by atoms with Gasteiger partial charge in [0.15, 0.2) is 13.5 Å². The van der Waals surface area contributed by atoms with Crippen molar-refractivity contribution >= 4 is 46.8 Å². The third-order valence-corrected chi connectivity index (χ3v) is 5.88. The molecule has 2 rings (SSSR count). The Morgan fingerprint density at radius 1 is 1.03 bits per heavy atom. The molecule has 2 aromatic rings. The molecule has 0 aliphatic rings. The number of aromatic nitrogens is 2. The Morgan fingerprint density at radius 2 is 1.65 bits per heavy atom. The summed E-state index contributed by atoms with van der Waals surface area (Å²) in [5.74, 6) is 0.211. The number of esters is 2. The van der Waals surface area contributed by atoms with Gasteiger partial charge in [-0.3, -0.25) is 14.2 Å². The van der Waals surface area contributed by atoms with Gasteiger partial charge in [-0.15, -0.1) is 11.8 Å². The van der Waals surface area contributed by atoms with Gasteiger partial charge in [0.1, 0.15) is 0 Å². The maximum atomic E-state index is 12.7. The number of carbonyl (C=O) groups excluding carboxylic acids is 3. The van der Waals surface area contributed by atoms with E-state index in [0.717, 1.165) is 22.0 Å². The smallest absolute Gasteiger partial charge is 0.419 e. The molecule has 188 valence electrons. The highest BCUT2D eigenvalue weighted by molar-refractivity contribution is 7.99. The third-order valence-electron chi connectivity index (χ3n) is 4.68. The van der Waals surface area contributed by atoms with E-state index in [1.807, 2.05) is 18.2 Å². The first-order valence-corrected chi connectivity index (χ1v) is 12.1. The Balaban J connectivity index is 2.51. The summed E-state index contributed by atoms with van der Waals surface area (Å²) in [6, 6.07) is 5.74. The van der Waals surface area contributed by atoms with Crippen molar-refractivity contribution < 1.29 is 28.6 Å². The summed E-state index contributed by atoms with van der Waals surface area (Å²) in [6.45, 7) is 11.9. The number of hydrogen-bond acceptors (Lipinski definition) is 8. The summed E-state index contributed by atoms with van der Waals surface area (Å²) in [5.41, 5.74) is -0.187. The Hall–Kier alpha value is -2.75. The number of hydrogen-bond donors (Lipinski definition) is 0. The van der Waals surface area contributed by atoms with E-state index < -0.39 is 35.6 Å². The summed E-state index contributed by atoms with van der Waals surface area (Å²) in [7, 11) is 1.23. The van der Waals surface area contributed by atoms with Crippen LogP contribution in [0.2, 0.25) is 0 Å². The molecule has 0 fully saturated rings. The molecular weight excluding hydrogens is 458 g/mol. The van der Waals surface area contributed by atoms with E-state index in [-0.39, 0.29) is 12.7 Å². The lowest BCUT2D eigenvalue weighted by molar-refractivity contribution is -0.156. The van der Waals surface area contributed by atoms with Crippen molar-refractivity contribution in [2.45, 2.75) is 66.5 Å². The zero-order chi connectivity index (χ0) is 25.7.